The first-order valence-electron chi connectivity index (χ1n) is 11.4. The number of hydrogen-bond acceptors (Lipinski definition) is 5. The van der Waals surface area contributed by atoms with Crippen LogP contribution < -0.4 is 4.90 Å². The van der Waals surface area contributed by atoms with Crippen LogP contribution in [0.1, 0.15) is 28.8 Å². The Hall–Kier alpha value is -2.77. The summed E-state index contributed by atoms with van der Waals surface area (Å²) in [4.78, 5) is 44.5. The van der Waals surface area contributed by atoms with Gasteiger partial charge in [0.25, 0.3) is 0 Å². The highest BCUT2D eigenvalue weighted by molar-refractivity contribution is 9.10. The van der Waals surface area contributed by atoms with Gasteiger partial charge in [0, 0.05) is 22.3 Å². The molecule has 0 saturated carbocycles. The Morgan fingerprint density at radius 1 is 1.06 bits per heavy atom. The van der Waals surface area contributed by atoms with Crippen LogP contribution in [0.4, 0.5) is 5.69 Å². The average molecular weight is 507 g/mol. The molecule has 5 atom stereocenters. The number of carbonyl (C=O) groups excluding carboxylic acids is 3. The van der Waals surface area contributed by atoms with Crippen LogP contribution in [0.2, 0.25) is 0 Å². The zero-order valence-electron chi connectivity index (χ0n) is 17.9. The van der Waals surface area contributed by atoms with Crippen LogP contribution in [-0.2, 0) is 14.3 Å². The molecule has 0 radical (unpaired) electrons. The molecule has 7 heteroatoms. The van der Waals surface area contributed by atoms with Gasteiger partial charge in [0.15, 0.2) is 5.78 Å². The second kappa shape index (κ2) is 7.92. The number of hydrogen-bond donors (Lipinski definition) is 0. The van der Waals surface area contributed by atoms with Gasteiger partial charge in [-0.2, -0.15) is 0 Å². The van der Waals surface area contributed by atoms with E-state index in [2.05, 4.69) is 15.9 Å². The summed E-state index contributed by atoms with van der Waals surface area (Å²) in [6, 6.07) is 13.9. The van der Waals surface area contributed by atoms with Gasteiger partial charge in [-0.3, -0.25) is 19.3 Å². The predicted octanol–water partition coefficient (Wildman–Crippen LogP) is 3.70. The second-order valence-electron chi connectivity index (χ2n) is 9.11. The molecule has 6 nitrogen and oxygen atoms in total. The van der Waals surface area contributed by atoms with Crippen molar-refractivity contribution in [1.29, 1.82) is 0 Å². The topological polar surface area (TPSA) is 66.9 Å². The van der Waals surface area contributed by atoms with Crippen molar-refractivity contribution >= 4 is 45.3 Å². The molecule has 0 N–H and O–H groups in total. The highest BCUT2D eigenvalue weighted by atomic mass is 79.9. The van der Waals surface area contributed by atoms with Crippen LogP contribution in [0, 0.1) is 11.8 Å². The third-order valence-electron chi connectivity index (χ3n) is 7.30. The lowest BCUT2D eigenvalue weighted by atomic mass is 9.86. The number of ketones is 1. The van der Waals surface area contributed by atoms with Gasteiger partial charge in [0.2, 0.25) is 11.8 Å². The fourth-order valence-electron chi connectivity index (χ4n) is 5.85. The smallest absolute Gasteiger partial charge is 0.235 e. The maximum absolute atomic E-state index is 13.8. The molecule has 3 fully saturated rings. The van der Waals surface area contributed by atoms with Gasteiger partial charge in [-0.25, -0.2) is 0 Å². The summed E-state index contributed by atoms with van der Waals surface area (Å²) in [6.07, 6.45) is 5.64. The molecule has 33 heavy (non-hydrogen) atoms. The summed E-state index contributed by atoms with van der Waals surface area (Å²) in [7, 11) is 0. The van der Waals surface area contributed by atoms with Gasteiger partial charge >= 0.3 is 0 Å². The number of imide groups is 1. The largest absolute Gasteiger partial charge is 0.376 e. The van der Waals surface area contributed by atoms with Crippen LogP contribution in [0.3, 0.4) is 0 Å². The predicted molar refractivity (Wildman–Crippen MR) is 127 cm³/mol. The second-order valence-corrected chi connectivity index (χ2v) is 10.0. The molecule has 4 heterocycles. The Bertz CT molecular complexity index is 1170. The molecular weight excluding hydrogens is 484 g/mol. The molecule has 6 rings (SSSR count). The van der Waals surface area contributed by atoms with E-state index in [0.717, 1.165) is 28.6 Å². The molecule has 0 aliphatic carbocycles. The lowest BCUT2D eigenvalue weighted by Crippen LogP contribution is -2.49. The summed E-state index contributed by atoms with van der Waals surface area (Å²) in [5.41, 5.74) is 2.39. The van der Waals surface area contributed by atoms with Crippen LogP contribution in [0.15, 0.2) is 59.1 Å². The van der Waals surface area contributed by atoms with Crippen molar-refractivity contribution < 1.29 is 19.1 Å². The van der Waals surface area contributed by atoms with Gasteiger partial charge in [0.05, 0.1) is 30.5 Å². The number of ether oxygens (including phenoxy) is 1. The van der Waals surface area contributed by atoms with Crippen molar-refractivity contribution in [3.05, 3.63) is 70.2 Å². The minimum absolute atomic E-state index is 0.115. The van der Waals surface area contributed by atoms with Gasteiger partial charge in [-0.1, -0.05) is 58.4 Å². The fourth-order valence-corrected chi connectivity index (χ4v) is 6.23. The van der Waals surface area contributed by atoms with Crippen molar-refractivity contribution in [2.75, 3.05) is 18.1 Å². The molecule has 0 unspecified atom stereocenters. The van der Waals surface area contributed by atoms with E-state index in [1.807, 2.05) is 53.5 Å². The minimum atomic E-state index is -0.738. The standard InChI is InChI=1S/C26H23BrN2O4/c27-17-9-11-19-16(13-17)8-10-20-21-22(23(29(19)20)24(30)15-5-2-1-3-6-15)26(32)28(25(21)31)14-18-7-4-12-33-18/h1-3,5-6,8-11,13,18,20-23H,4,7,12,14H2/t18-,20+,21+,22-,23+/m0/s1. The Kier molecular flexibility index (Phi) is 4.99. The molecule has 2 aromatic carbocycles. The summed E-state index contributed by atoms with van der Waals surface area (Å²) >= 11 is 3.51. The first-order chi connectivity index (χ1) is 16.0. The van der Waals surface area contributed by atoms with Crippen LogP contribution >= 0.6 is 15.9 Å². The highest BCUT2D eigenvalue weighted by Gasteiger charge is 2.64. The molecule has 0 bridgehead atoms. The number of benzene rings is 2. The Balaban J connectivity index is 1.44. The van der Waals surface area contributed by atoms with Crippen LogP contribution in [-0.4, -0.2) is 53.8 Å². The lowest BCUT2D eigenvalue weighted by Gasteiger charge is -2.36. The summed E-state index contributed by atoms with van der Waals surface area (Å²) < 4.78 is 6.63. The lowest BCUT2D eigenvalue weighted by molar-refractivity contribution is -0.142. The van der Waals surface area contributed by atoms with Crippen LogP contribution in [0.25, 0.3) is 6.08 Å². The van der Waals surface area contributed by atoms with E-state index in [4.69, 9.17) is 4.74 Å². The van der Waals surface area contributed by atoms with Gasteiger partial charge in [-0.15, -0.1) is 0 Å². The Morgan fingerprint density at radius 2 is 1.85 bits per heavy atom. The Morgan fingerprint density at radius 3 is 2.61 bits per heavy atom. The minimum Gasteiger partial charge on any atom is -0.376 e. The maximum atomic E-state index is 13.8. The number of Topliss-reactive ketones (excluding diaryl/α,β-unsaturated/α-hetero) is 1. The summed E-state index contributed by atoms with van der Waals surface area (Å²) in [5.74, 6) is -1.86. The molecule has 0 aromatic heterocycles. The number of carbonyl (C=O) groups is 3. The van der Waals surface area contributed by atoms with E-state index < -0.39 is 17.9 Å². The van der Waals surface area contributed by atoms with E-state index in [1.165, 1.54) is 4.90 Å². The number of fused-ring (bicyclic) bond motifs is 5. The van der Waals surface area contributed by atoms with E-state index >= 15 is 0 Å². The maximum Gasteiger partial charge on any atom is 0.235 e. The SMILES string of the molecule is O=C(c1ccccc1)[C@H]1[C@H]2C(=O)N(C[C@@H]3CCCO3)C(=O)[C@@H]2[C@H]2C=Cc3cc(Br)ccc3N21. The normalized spacial score (nSPS) is 29.9. The number of amides is 2. The van der Waals surface area contributed by atoms with Crippen molar-refractivity contribution in [3.8, 4) is 0 Å². The van der Waals surface area contributed by atoms with E-state index in [-0.39, 0.29) is 36.3 Å². The summed E-state index contributed by atoms with van der Waals surface area (Å²) in [5, 5.41) is 0. The third kappa shape index (κ3) is 3.21. The number of nitrogens with zero attached hydrogens (tertiary/aromatic N) is 2. The molecule has 4 aliphatic rings. The first-order valence-corrected chi connectivity index (χ1v) is 12.2. The number of rotatable bonds is 4. The quantitative estimate of drug-likeness (QED) is 0.467. The molecule has 2 aromatic rings. The monoisotopic (exact) mass is 506 g/mol. The van der Waals surface area contributed by atoms with Crippen molar-refractivity contribution in [2.24, 2.45) is 11.8 Å². The molecular formula is C26H23BrN2O4. The number of likely N-dealkylation sites (tertiary alicyclic amines) is 1. The fraction of sp³-hybridized carbons (Fsp3) is 0.346. The van der Waals surface area contributed by atoms with Crippen LogP contribution in [0.5, 0.6) is 0 Å². The number of anilines is 1. The average Bonchev–Trinajstić information content (AvgIpc) is 3.52. The van der Waals surface area contributed by atoms with E-state index in [1.54, 1.807) is 12.1 Å². The van der Waals surface area contributed by atoms with Gasteiger partial charge in [-0.05, 0) is 36.6 Å². The van der Waals surface area contributed by atoms with E-state index in [0.29, 0.717) is 12.2 Å². The zero-order valence-corrected chi connectivity index (χ0v) is 19.5. The third-order valence-corrected chi connectivity index (χ3v) is 7.79. The highest BCUT2D eigenvalue weighted by Crippen LogP contribution is 2.49. The van der Waals surface area contributed by atoms with E-state index in [9.17, 15) is 14.4 Å². The number of halogens is 1. The molecule has 0 spiro atoms. The first kappa shape index (κ1) is 20.8. The van der Waals surface area contributed by atoms with Crippen molar-refractivity contribution in [3.63, 3.8) is 0 Å². The zero-order chi connectivity index (χ0) is 22.7. The van der Waals surface area contributed by atoms with Crippen molar-refractivity contribution in [2.45, 2.75) is 31.0 Å². The van der Waals surface area contributed by atoms with Gasteiger partial charge < -0.3 is 9.64 Å². The van der Waals surface area contributed by atoms with Crippen molar-refractivity contribution in [1.82, 2.24) is 4.90 Å². The molecule has 168 valence electrons. The Labute approximate surface area is 200 Å². The summed E-state index contributed by atoms with van der Waals surface area (Å²) in [6.45, 7) is 0.936. The molecule has 2 amide bonds. The molecule has 4 aliphatic heterocycles. The van der Waals surface area contributed by atoms with Gasteiger partial charge in [0.1, 0.15) is 6.04 Å². The molecule has 3 saturated heterocycles.